The summed E-state index contributed by atoms with van der Waals surface area (Å²) in [4.78, 5) is 33.5. The van der Waals surface area contributed by atoms with E-state index in [4.69, 9.17) is 4.74 Å². The Morgan fingerprint density at radius 3 is 2.29 bits per heavy atom. The van der Waals surface area contributed by atoms with Gasteiger partial charge in [-0.15, -0.1) is 0 Å². The number of nitrogens with one attached hydrogen (secondary N) is 2. The van der Waals surface area contributed by atoms with Crippen molar-refractivity contribution in [1.82, 2.24) is 10.9 Å². The fraction of sp³-hybridized carbons (Fsp3) is 0.125. The molecule has 0 saturated heterocycles. The van der Waals surface area contributed by atoms with E-state index in [-0.39, 0.29) is 23.8 Å². The molecule has 0 bridgehead atoms. The Morgan fingerprint density at radius 2 is 1.58 bits per heavy atom. The number of hydrogen-bond donors (Lipinski definition) is 2. The van der Waals surface area contributed by atoms with E-state index < -0.39 is 17.4 Å². The van der Waals surface area contributed by atoms with Crippen LogP contribution in [0.25, 0.3) is 0 Å². The van der Waals surface area contributed by atoms with Crippen LogP contribution in [-0.2, 0) is 16.0 Å². The van der Waals surface area contributed by atoms with E-state index in [1.165, 1.54) is 18.2 Å². The first kappa shape index (κ1) is 16.9. The zero-order valence-electron chi connectivity index (χ0n) is 12.6. The second kappa shape index (κ2) is 8.28. The van der Waals surface area contributed by atoms with Crippen LogP contribution in [0.15, 0.2) is 54.6 Å². The molecule has 0 fully saturated rings. The van der Waals surface area contributed by atoms with E-state index in [0.717, 1.165) is 5.56 Å². The van der Waals surface area contributed by atoms with Crippen LogP contribution in [0.1, 0.15) is 5.56 Å². The SMILES string of the molecule is O=C(COc1ccccc1[N+](=O)[O-])NNC(=O)Cc1ccccc1. The zero-order valence-corrected chi connectivity index (χ0v) is 12.6. The molecule has 8 heteroatoms. The van der Waals surface area contributed by atoms with Crippen molar-refractivity contribution in [1.29, 1.82) is 0 Å². The lowest BCUT2D eigenvalue weighted by molar-refractivity contribution is -0.385. The van der Waals surface area contributed by atoms with Crippen LogP contribution in [0.2, 0.25) is 0 Å². The normalized spacial score (nSPS) is 9.83. The maximum atomic E-state index is 11.7. The highest BCUT2D eigenvalue weighted by atomic mass is 16.6. The summed E-state index contributed by atoms with van der Waals surface area (Å²) < 4.78 is 5.11. The maximum absolute atomic E-state index is 11.7. The van der Waals surface area contributed by atoms with Gasteiger partial charge < -0.3 is 4.74 Å². The van der Waals surface area contributed by atoms with Crippen molar-refractivity contribution in [2.45, 2.75) is 6.42 Å². The number of carbonyl (C=O) groups excluding carboxylic acids is 2. The molecule has 8 nitrogen and oxygen atoms in total. The predicted octanol–water partition coefficient (Wildman–Crippen LogP) is 1.36. The van der Waals surface area contributed by atoms with Crippen LogP contribution in [0.3, 0.4) is 0 Å². The van der Waals surface area contributed by atoms with E-state index in [1.54, 1.807) is 18.2 Å². The molecule has 0 unspecified atom stereocenters. The third-order valence-corrected chi connectivity index (χ3v) is 2.97. The molecule has 24 heavy (non-hydrogen) atoms. The minimum atomic E-state index is -0.630. The van der Waals surface area contributed by atoms with Crippen LogP contribution >= 0.6 is 0 Å². The summed E-state index contributed by atoms with van der Waals surface area (Å²) in [5, 5.41) is 10.8. The first-order chi connectivity index (χ1) is 11.6. The second-order valence-corrected chi connectivity index (χ2v) is 4.77. The first-order valence-corrected chi connectivity index (χ1v) is 7.04. The molecule has 2 rings (SSSR count). The lowest BCUT2D eigenvalue weighted by atomic mass is 10.1. The van der Waals surface area contributed by atoms with Crippen molar-refractivity contribution in [2.24, 2.45) is 0 Å². The summed E-state index contributed by atoms with van der Waals surface area (Å²) >= 11 is 0. The Labute approximate surface area is 137 Å². The predicted molar refractivity (Wildman–Crippen MR) is 85.0 cm³/mol. The number of hydrazine groups is 1. The van der Waals surface area contributed by atoms with Gasteiger partial charge in [0.1, 0.15) is 0 Å². The van der Waals surface area contributed by atoms with Crippen LogP contribution in [0, 0.1) is 10.1 Å². The highest BCUT2D eigenvalue weighted by Crippen LogP contribution is 2.25. The molecule has 0 aliphatic carbocycles. The third kappa shape index (κ3) is 5.09. The molecule has 2 aromatic carbocycles. The van der Waals surface area contributed by atoms with E-state index >= 15 is 0 Å². The monoisotopic (exact) mass is 329 g/mol. The molecule has 2 aromatic rings. The zero-order chi connectivity index (χ0) is 17.4. The molecule has 0 aromatic heterocycles. The Hall–Kier alpha value is -3.42. The number of hydrogen-bond acceptors (Lipinski definition) is 5. The number of amides is 2. The number of nitrogens with zero attached hydrogens (tertiary/aromatic N) is 1. The first-order valence-electron chi connectivity index (χ1n) is 7.04. The standard InChI is InChI=1S/C16H15N3O5/c20-15(10-12-6-2-1-3-7-12)17-18-16(21)11-24-14-9-5-4-8-13(14)19(22)23/h1-9H,10-11H2,(H,17,20)(H,18,21). The largest absolute Gasteiger partial charge is 0.477 e. The number of nitro benzene ring substituents is 1. The van der Waals surface area contributed by atoms with Crippen molar-refractivity contribution in [2.75, 3.05) is 6.61 Å². The van der Waals surface area contributed by atoms with E-state index in [1.807, 2.05) is 18.2 Å². The van der Waals surface area contributed by atoms with Gasteiger partial charge in [0.2, 0.25) is 5.91 Å². The molecule has 0 aliphatic heterocycles. The average Bonchev–Trinajstić information content (AvgIpc) is 2.59. The Morgan fingerprint density at radius 1 is 0.958 bits per heavy atom. The van der Waals surface area contributed by atoms with Crippen molar-refractivity contribution in [3.63, 3.8) is 0 Å². The fourth-order valence-electron chi connectivity index (χ4n) is 1.87. The summed E-state index contributed by atoms with van der Waals surface area (Å²) in [6.45, 7) is -0.462. The van der Waals surface area contributed by atoms with E-state index in [9.17, 15) is 19.7 Å². The van der Waals surface area contributed by atoms with Gasteiger partial charge in [-0.3, -0.25) is 30.6 Å². The van der Waals surface area contributed by atoms with Gasteiger partial charge >= 0.3 is 5.69 Å². The highest BCUT2D eigenvalue weighted by molar-refractivity contribution is 5.83. The minimum absolute atomic E-state index is 0.0201. The van der Waals surface area contributed by atoms with E-state index in [0.29, 0.717) is 0 Å². The average molecular weight is 329 g/mol. The van der Waals surface area contributed by atoms with E-state index in [2.05, 4.69) is 10.9 Å². The van der Waals surface area contributed by atoms with Crippen molar-refractivity contribution >= 4 is 17.5 Å². The van der Waals surface area contributed by atoms with Gasteiger partial charge in [-0.25, -0.2) is 0 Å². The summed E-state index contributed by atoms with van der Waals surface area (Å²) in [7, 11) is 0. The van der Waals surface area contributed by atoms with Gasteiger partial charge in [-0.2, -0.15) is 0 Å². The van der Waals surface area contributed by atoms with Crippen molar-refractivity contribution in [3.8, 4) is 5.75 Å². The lowest BCUT2D eigenvalue weighted by Crippen LogP contribution is -2.44. The van der Waals surface area contributed by atoms with Gasteiger partial charge in [0, 0.05) is 6.07 Å². The number of nitro groups is 1. The van der Waals surface area contributed by atoms with Crippen LogP contribution in [0.5, 0.6) is 5.75 Å². The van der Waals surface area contributed by atoms with Gasteiger partial charge in [-0.05, 0) is 11.6 Å². The molecule has 0 heterocycles. The molecule has 0 aliphatic rings. The van der Waals surface area contributed by atoms with Crippen LogP contribution < -0.4 is 15.6 Å². The number of rotatable bonds is 6. The van der Waals surface area contributed by atoms with Gasteiger partial charge in [0.25, 0.3) is 5.91 Å². The summed E-state index contributed by atoms with van der Waals surface area (Å²) in [5.74, 6) is -1.04. The summed E-state index contributed by atoms with van der Waals surface area (Å²) in [6.07, 6.45) is 0.117. The number of para-hydroxylation sites is 2. The molecule has 0 spiro atoms. The Kier molecular flexibility index (Phi) is 5.84. The number of ether oxygens (including phenoxy) is 1. The van der Waals surface area contributed by atoms with Crippen LogP contribution in [0.4, 0.5) is 5.69 Å². The minimum Gasteiger partial charge on any atom is -0.477 e. The molecule has 124 valence electrons. The topological polar surface area (TPSA) is 111 Å². The molecule has 0 saturated carbocycles. The van der Waals surface area contributed by atoms with Gasteiger partial charge in [0.15, 0.2) is 12.4 Å². The van der Waals surface area contributed by atoms with Crippen molar-refractivity contribution in [3.05, 3.63) is 70.3 Å². The van der Waals surface area contributed by atoms with Gasteiger partial charge in [0.05, 0.1) is 11.3 Å². The number of carbonyl (C=O) groups is 2. The summed E-state index contributed by atoms with van der Waals surface area (Å²) in [5.41, 5.74) is 5.01. The molecule has 0 atom stereocenters. The highest BCUT2D eigenvalue weighted by Gasteiger charge is 2.15. The maximum Gasteiger partial charge on any atom is 0.310 e. The quantitative estimate of drug-likeness (QED) is 0.614. The molecular formula is C16H15N3O5. The lowest BCUT2D eigenvalue weighted by Gasteiger charge is -2.09. The molecule has 2 N–H and O–H groups in total. The smallest absolute Gasteiger partial charge is 0.310 e. The third-order valence-electron chi connectivity index (χ3n) is 2.97. The summed E-state index contributed by atoms with van der Waals surface area (Å²) in [6, 6.07) is 14.7. The number of benzene rings is 2. The van der Waals surface area contributed by atoms with Crippen LogP contribution in [-0.4, -0.2) is 23.3 Å². The second-order valence-electron chi connectivity index (χ2n) is 4.77. The molecule has 2 amide bonds. The molecule has 0 radical (unpaired) electrons. The Balaban J connectivity index is 1.78. The Bertz CT molecular complexity index is 734. The fourth-order valence-corrected chi connectivity index (χ4v) is 1.87. The van der Waals surface area contributed by atoms with Gasteiger partial charge in [-0.1, -0.05) is 42.5 Å². The molecular weight excluding hydrogens is 314 g/mol. The van der Waals surface area contributed by atoms with Crippen molar-refractivity contribution < 1.29 is 19.2 Å².